The van der Waals surface area contributed by atoms with E-state index in [2.05, 4.69) is 4.98 Å². The molecule has 0 radical (unpaired) electrons. The van der Waals surface area contributed by atoms with E-state index in [-0.39, 0.29) is 5.56 Å². The number of H-pyrrole nitrogens is 1. The Morgan fingerprint density at radius 3 is 2.45 bits per heavy atom. The van der Waals surface area contributed by atoms with Crippen molar-refractivity contribution in [1.29, 1.82) is 0 Å². The van der Waals surface area contributed by atoms with E-state index in [1.54, 1.807) is 12.3 Å². The molecule has 0 aromatic carbocycles. The molecule has 0 saturated carbocycles. The normalized spacial score (nSPS) is 8.27. The molecular formula is C8H14N2O. The SMILES string of the molecule is CC.NCc1ccc(=O)[nH]c1. The van der Waals surface area contributed by atoms with Crippen molar-refractivity contribution in [3.63, 3.8) is 0 Å². The third-order valence-electron chi connectivity index (χ3n) is 1.08. The zero-order chi connectivity index (χ0) is 8.69. The Bertz CT molecular complexity index is 222. The highest BCUT2D eigenvalue weighted by Gasteiger charge is 1.84. The van der Waals surface area contributed by atoms with Crippen LogP contribution in [0.3, 0.4) is 0 Å². The zero-order valence-electron chi connectivity index (χ0n) is 6.92. The highest BCUT2D eigenvalue weighted by atomic mass is 16.1. The number of nitrogens with two attached hydrogens (primary N) is 1. The predicted octanol–water partition coefficient (Wildman–Crippen LogP) is 0.860. The molecule has 1 aromatic rings. The fraction of sp³-hybridized carbons (Fsp3) is 0.375. The van der Waals surface area contributed by atoms with Crippen molar-refractivity contribution in [3.8, 4) is 0 Å². The van der Waals surface area contributed by atoms with Crippen molar-refractivity contribution in [2.75, 3.05) is 0 Å². The number of nitrogens with one attached hydrogen (secondary N) is 1. The van der Waals surface area contributed by atoms with Gasteiger partial charge in [-0.25, -0.2) is 0 Å². The first-order valence-electron chi connectivity index (χ1n) is 3.70. The van der Waals surface area contributed by atoms with Crippen LogP contribution in [0.25, 0.3) is 0 Å². The molecule has 0 bridgehead atoms. The lowest BCUT2D eigenvalue weighted by molar-refractivity contribution is 1.04. The van der Waals surface area contributed by atoms with Crippen LogP contribution in [0.2, 0.25) is 0 Å². The van der Waals surface area contributed by atoms with Crippen LogP contribution >= 0.6 is 0 Å². The fourth-order valence-electron chi connectivity index (χ4n) is 0.570. The lowest BCUT2D eigenvalue weighted by atomic mass is 10.3. The van der Waals surface area contributed by atoms with Gasteiger partial charge in [0.1, 0.15) is 0 Å². The predicted molar refractivity (Wildman–Crippen MR) is 46.3 cm³/mol. The summed E-state index contributed by atoms with van der Waals surface area (Å²) >= 11 is 0. The monoisotopic (exact) mass is 154 g/mol. The van der Waals surface area contributed by atoms with E-state index < -0.39 is 0 Å². The average Bonchev–Trinajstić information content (AvgIpc) is 2.10. The maximum atomic E-state index is 10.4. The van der Waals surface area contributed by atoms with Crippen LogP contribution in [0.15, 0.2) is 23.1 Å². The smallest absolute Gasteiger partial charge is 0.247 e. The van der Waals surface area contributed by atoms with Gasteiger partial charge in [-0.2, -0.15) is 0 Å². The van der Waals surface area contributed by atoms with Crippen LogP contribution < -0.4 is 11.3 Å². The Kier molecular flexibility index (Phi) is 5.11. The molecule has 0 aliphatic carbocycles. The summed E-state index contributed by atoms with van der Waals surface area (Å²) < 4.78 is 0. The van der Waals surface area contributed by atoms with Gasteiger partial charge < -0.3 is 10.7 Å². The van der Waals surface area contributed by atoms with Gasteiger partial charge in [-0.1, -0.05) is 19.9 Å². The second-order valence-electron chi connectivity index (χ2n) is 1.77. The first kappa shape index (κ1) is 9.91. The molecule has 1 rings (SSSR count). The maximum Gasteiger partial charge on any atom is 0.247 e. The zero-order valence-corrected chi connectivity index (χ0v) is 6.92. The molecule has 0 fully saturated rings. The summed E-state index contributed by atoms with van der Waals surface area (Å²) in [5, 5.41) is 0. The molecule has 3 nitrogen and oxygen atoms in total. The lowest BCUT2D eigenvalue weighted by Gasteiger charge is -1.90. The van der Waals surface area contributed by atoms with E-state index in [0.29, 0.717) is 6.54 Å². The van der Waals surface area contributed by atoms with Crippen molar-refractivity contribution in [2.24, 2.45) is 5.73 Å². The molecule has 11 heavy (non-hydrogen) atoms. The third-order valence-corrected chi connectivity index (χ3v) is 1.08. The number of hydrogen-bond acceptors (Lipinski definition) is 2. The first-order valence-corrected chi connectivity index (χ1v) is 3.70. The molecule has 3 N–H and O–H groups in total. The summed E-state index contributed by atoms with van der Waals surface area (Å²) in [6, 6.07) is 3.17. The quantitative estimate of drug-likeness (QED) is 0.630. The van der Waals surface area contributed by atoms with E-state index in [4.69, 9.17) is 5.73 Å². The molecule has 0 unspecified atom stereocenters. The number of hydrogen-bond donors (Lipinski definition) is 2. The van der Waals surface area contributed by atoms with Crippen LogP contribution in [0.4, 0.5) is 0 Å². The van der Waals surface area contributed by atoms with Crippen LogP contribution in [0.1, 0.15) is 19.4 Å². The summed E-state index contributed by atoms with van der Waals surface area (Å²) in [5.74, 6) is 0. The number of rotatable bonds is 1. The van der Waals surface area contributed by atoms with Gasteiger partial charge >= 0.3 is 0 Å². The standard InChI is InChI=1S/C6H8N2O.C2H6/c7-3-5-1-2-6(9)8-4-5;1-2/h1-2,4H,3,7H2,(H,8,9);1-2H3. The number of aromatic nitrogens is 1. The molecular weight excluding hydrogens is 140 g/mol. The van der Waals surface area contributed by atoms with Crippen molar-refractivity contribution in [3.05, 3.63) is 34.2 Å². The first-order chi connectivity index (χ1) is 5.33. The van der Waals surface area contributed by atoms with E-state index in [0.717, 1.165) is 5.56 Å². The highest BCUT2D eigenvalue weighted by Crippen LogP contribution is 1.87. The molecule has 1 heterocycles. The summed E-state index contributed by atoms with van der Waals surface area (Å²) in [4.78, 5) is 13.0. The summed E-state index contributed by atoms with van der Waals surface area (Å²) in [7, 11) is 0. The average molecular weight is 154 g/mol. The van der Waals surface area contributed by atoms with E-state index in [9.17, 15) is 4.79 Å². The lowest BCUT2D eigenvalue weighted by Crippen LogP contribution is -2.05. The molecule has 1 aromatic heterocycles. The number of aromatic amines is 1. The van der Waals surface area contributed by atoms with Crippen molar-refractivity contribution in [2.45, 2.75) is 20.4 Å². The second kappa shape index (κ2) is 5.68. The molecule has 0 aliphatic rings. The molecule has 0 aliphatic heterocycles. The van der Waals surface area contributed by atoms with Crippen LogP contribution in [-0.2, 0) is 6.54 Å². The number of pyridine rings is 1. The van der Waals surface area contributed by atoms with Gasteiger partial charge in [-0.3, -0.25) is 4.79 Å². The Balaban J connectivity index is 0.000000461. The van der Waals surface area contributed by atoms with Crippen LogP contribution in [-0.4, -0.2) is 4.98 Å². The van der Waals surface area contributed by atoms with Crippen LogP contribution in [0, 0.1) is 0 Å². The van der Waals surface area contributed by atoms with Crippen LogP contribution in [0.5, 0.6) is 0 Å². The van der Waals surface area contributed by atoms with E-state index >= 15 is 0 Å². The minimum absolute atomic E-state index is 0.0906. The largest absolute Gasteiger partial charge is 0.329 e. The molecule has 62 valence electrons. The maximum absolute atomic E-state index is 10.4. The third kappa shape index (κ3) is 3.57. The van der Waals surface area contributed by atoms with Crippen molar-refractivity contribution >= 4 is 0 Å². The molecule has 0 atom stereocenters. The van der Waals surface area contributed by atoms with Gasteiger partial charge in [0.05, 0.1) is 0 Å². The van der Waals surface area contributed by atoms with Gasteiger partial charge in [0, 0.05) is 18.8 Å². The Morgan fingerprint density at radius 1 is 1.45 bits per heavy atom. The molecule has 0 amide bonds. The van der Waals surface area contributed by atoms with Gasteiger partial charge in [-0.15, -0.1) is 0 Å². The van der Waals surface area contributed by atoms with Gasteiger partial charge in [-0.05, 0) is 5.56 Å². The fourth-order valence-corrected chi connectivity index (χ4v) is 0.570. The summed E-state index contributed by atoms with van der Waals surface area (Å²) in [6.45, 7) is 4.47. The van der Waals surface area contributed by atoms with Gasteiger partial charge in [0.2, 0.25) is 5.56 Å². The molecule has 0 saturated heterocycles. The second-order valence-corrected chi connectivity index (χ2v) is 1.77. The van der Waals surface area contributed by atoms with Gasteiger partial charge in [0.15, 0.2) is 0 Å². The summed E-state index contributed by atoms with van der Waals surface area (Å²) in [5.41, 5.74) is 6.13. The van der Waals surface area contributed by atoms with E-state index in [1.165, 1.54) is 6.07 Å². The van der Waals surface area contributed by atoms with Gasteiger partial charge in [0.25, 0.3) is 0 Å². The van der Waals surface area contributed by atoms with Crippen molar-refractivity contribution in [1.82, 2.24) is 4.98 Å². The Labute approximate surface area is 66.3 Å². The minimum atomic E-state index is -0.0906. The van der Waals surface area contributed by atoms with Crippen molar-refractivity contribution < 1.29 is 0 Å². The van der Waals surface area contributed by atoms with E-state index in [1.807, 2.05) is 13.8 Å². The highest BCUT2D eigenvalue weighted by molar-refractivity contribution is 5.07. The Morgan fingerprint density at radius 2 is 2.09 bits per heavy atom. The minimum Gasteiger partial charge on any atom is -0.329 e. The summed E-state index contributed by atoms with van der Waals surface area (Å²) in [6.07, 6.45) is 1.61. The topological polar surface area (TPSA) is 58.9 Å². The molecule has 0 spiro atoms. The Hall–Kier alpha value is -1.09. The molecule has 3 heteroatoms.